The molecule has 0 bridgehead atoms. The van der Waals surface area contributed by atoms with Gasteiger partial charge in [-0.2, -0.15) is 0 Å². The first-order valence-corrected chi connectivity index (χ1v) is 8.34. The largest absolute Gasteiger partial charge is 0.444 e. The normalized spacial score (nSPS) is 25.0. The highest BCUT2D eigenvalue weighted by molar-refractivity contribution is 8.00. The number of fused-ring (bicyclic) bond motifs is 1. The maximum atomic E-state index is 12.4. The number of likely N-dealkylation sites (tertiary alicyclic amines) is 1. The minimum Gasteiger partial charge on any atom is -0.444 e. The Bertz CT molecular complexity index is 516. The van der Waals surface area contributed by atoms with Crippen LogP contribution >= 0.6 is 11.8 Å². The molecule has 2 unspecified atom stereocenters. The first-order chi connectivity index (χ1) is 9.94. The third kappa shape index (κ3) is 3.19. The summed E-state index contributed by atoms with van der Waals surface area (Å²) in [5.74, 6) is 0. The Morgan fingerprint density at radius 1 is 1.38 bits per heavy atom. The molecule has 1 aromatic rings. The van der Waals surface area contributed by atoms with Gasteiger partial charge in [-0.3, -0.25) is 4.90 Å². The topological polar surface area (TPSA) is 45.1 Å². The predicted octanol–water partition coefficient (Wildman–Crippen LogP) is 2.50. The fourth-order valence-corrected chi connectivity index (χ4v) is 4.15. The summed E-state index contributed by atoms with van der Waals surface area (Å²) in [6.45, 7) is 6.52. The van der Waals surface area contributed by atoms with E-state index in [0.717, 1.165) is 19.4 Å². The molecule has 1 radical (unpaired) electrons. The Hall–Kier alpha value is -1.20. The predicted molar refractivity (Wildman–Crippen MR) is 82.7 cm³/mol. The van der Waals surface area contributed by atoms with Crippen LogP contribution in [0.25, 0.3) is 0 Å². The standard InChI is InChI=1S/C16H22N2O2S/c1-16(2,3)20-15(19)18-10-6-8-12(18)14-17-11-7-4-5-9-13(11)21-14/h4-5,7,9,12,14,17H,6,8,10H2,1-3H3/q+1. The van der Waals surface area contributed by atoms with Crippen LogP contribution in [0.2, 0.25) is 0 Å². The van der Waals surface area contributed by atoms with Gasteiger partial charge in [0.1, 0.15) is 11.6 Å². The van der Waals surface area contributed by atoms with Crippen molar-refractivity contribution in [2.24, 2.45) is 0 Å². The van der Waals surface area contributed by atoms with Crippen molar-refractivity contribution < 1.29 is 14.8 Å². The number of carbonyl (C=O) groups excluding carboxylic acids is 1. The number of rotatable bonds is 1. The molecule has 0 aromatic heterocycles. The average molecular weight is 306 g/mol. The molecule has 0 saturated carbocycles. The van der Waals surface area contributed by atoms with Gasteiger partial charge in [0.15, 0.2) is 5.69 Å². The lowest BCUT2D eigenvalue weighted by Gasteiger charge is -2.28. The number of nitrogens with zero attached hydrogens (tertiary/aromatic N) is 1. The maximum absolute atomic E-state index is 12.4. The number of hydrogen-bond donors (Lipinski definition) is 1. The van der Waals surface area contributed by atoms with Crippen LogP contribution in [0.5, 0.6) is 0 Å². The second-order valence-corrected chi connectivity index (χ2v) is 7.75. The monoisotopic (exact) mass is 306 g/mol. The van der Waals surface area contributed by atoms with Crippen LogP contribution < -0.4 is 5.32 Å². The van der Waals surface area contributed by atoms with Crippen LogP contribution in [0.15, 0.2) is 29.2 Å². The van der Waals surface area contributed by atoms with Crippen molar-refractivity contribution in [1.82, 2.24) is 4.90 Å². The summed E-state index contributed by atoms with van der Waals surface area (Å²) in [6, 6.07) is 8.50. The number of benzene rings is 1. The van der Waals surface area contributed by atoms with E-state index in [9.17, 15) is 4.79 Å². The smallest absolute Gasteiger partial charge is 0.410 e. The number of ether oxygens (including phenoxy) is 1. The fraction of sp³-hybridized carbons (Fsp3) is 0.562. The van der Waals surface area contributed by atoms with E-state index >= 15 is 0 Å². The zero-order valence-corrected chi connectivity index (χ0v) is 13.6. The van der Waals surface area contributed by atoms with Gasteiger partial charge in [0.05, 0.1) is 4.90 Å². The molecule has 1 aromatic carbocycles. The van der Waals surface area contributed by atoms with Gasteiger partial charge in [-0.1, -0.05) is 12.1 Å². The molecular formula is C16H22N2O2S+. The van der Waals surface area contributed by atoms with Crippen LogP contribution in [-0.2, 0) is 4.74 Å². The number of nitrogens with one attached hydrogen (secondary N) is 1. The van der Waals surface area contributed by atoms with Gasteiger partial charge in [0, 0.05) is 12.6 Å². The first kappa shape index (κ1) is 14.7. The van der Waals surface area contributed by atoms with Crippen LogP contribution in [0.4, 0.5) is 10.5 Å². The van der Waals surface area contributed by atoms with E-state index in [1.54, 1.807) is 0 Å². The summed E-state index contributed by atoms with van der Waals surface area (Å²) < 4.78 is 5.54. The van der Waals surface area contributed by atoms with E-state index in [4.69, 9.17) is 4.74 Å². The number of hydrogen-bond acceptors (Lipinski definition) is 4. The van der Waals surface area contributed by atoms with Crippen molar-refractivity contribution in [2.75, 3.05) is 6.54 Å². The van der Waals surface area contributed by atoms with E-state index in [1.807, 2.05) is 43.5 Å². The lowest BCUT2D eigenvalue weighted by Crippen LogP contribution is -2.85. The van der Waals surface area contributed by atoms with Crippen molar-refractivity contribution in [3.05, 3.63) is 24.3 Å². The molecule has 0 aliphatic carbocycles. The Morgan fingerprint density at radius 2 is 2.14 bits per heavy atom. The van der Waals surface area contributed by atoms with E-state index in [0.29, 0.717) is 0 Å². The van der Waals surface area contributed by atoms with Crippen LogP contribution in [-0.4, -0.2) is 34.6 Å². The lowest BCUT2D eigenvalue weighted by molar-refractivity contribution is -0.588. The molecule has 2 heterocycles. The van der Waals surface area contributed by atoms with E-state index in [1.165, 1.54) is 10.6 Å². The number of thioether (sulfide) groups is 1. The highest BCUT2D eigenvalue weighted by atomic mass is 32.2. The van der Waals surface area contributed by atoms with Crippen LogP contribution in [0, 0.1) is 0 Å². The molecule has 1 amide bonds. The number of para-hydroxylation sites is 1. The summed E-state index contributed by atoms with van der Waals surface area (Å²) in [7, 11) is 0. The Balaban J connectivity index is 1.70. The van der Waals surface area contributed by atoms with Gasteiger partial charge in [-0.15, -0.1) is 5.32 Å². The van der Waals surface area contributed by atoms with Gasteiger partial charge < -0.3 is 4.74 Å². The molecule has 1 fully saturated rings. The number of carbonyl (C=O) groups is 1. The van der Waals surface area contributed by atoms with Gasteiger partial charge >= 0.3 is 6.09 Å². The SMILES string of the molecule is CC(C)(C)OC(=O)N1CCCC1C1[NH+]c2ccccc2S1. The second kappa shape index (κ2) is 5.54. The molecule has 1 saturated heterocycles. The zero-order valence-electron chi connectivity index (χ0n) is 12.8. The van der Waals surface area contributed by atoms with E-state index in [-0.39, 0.29) is 17.5 Å². The minimum absolute atomic E-state index is 0.191. The van der Waals surface area contributed by atoms with Gasteiger partial charge in [-0.25, -0.2) is 4.79 Å². The molecule has 0 spiro atoms. The van der Waals surface area contributed by atoms with E-state index in [2.05, 4.69) is 23.5 Å². The summed E-state index contributed by atoms with van der Waals surface area (Å²) in [5, 5.41) is 3.76. The van der Waals surface area contributed by atoms with Gasteiger partial charge in [-0.05, 0) is 51.4 Å². The molecule has 21 heavy (non-hydrogen) atoms. The van der Waals surface area contributed by atoms with Gasteiger partial charge in [0.25, 0.3) is 0 Å². The van der Waals surface area contributed by atoms with E-state index < -0.39 is 5.60 Å². The van der Waals surface area contributed by atoms with Crippen molar-refractivity contribution in [3.63, 3.8) is 0 Å². The zero-order chi connectivity index (χ0) is 15.0. The summed E-state index contributed by atoms with van der Waals surface area (Å²) in [5.41, 5.74) is 0.729. The fourth-order valence-electron chi connectivity index (χ4n) is 2.84. The summed E-state index contributed by atoms with van der Waals surface area (Å²) in [4.78, 5) is 15.5. The summed E-state index contributed by atoms with van der Waals surface area (Å²) in [6.07, 6.45) is 1.88. The Kier molecular flexibility index (Phi) is 3.88. The molecule has 4 nitrogen and oxygen atoms in total. The maximum Gasteiger partial charge on any atom is 0.410 e. The number of anilines is 1. The third-order valence-electron chi connectivity index (χ3n) is 3.72. The van der Waals surface area contributed by atoms with Crippen LogP contribution in [0.1, 0.15) is 33.6 Å². The van der Waals surface area contributed by atoms with Crippen molar-refractivity contribution in [1.29, 1.82) is 0 Å². The van der Waals surface area contributed by atoms with Crippen molar-refractivity contribution >= 4 is 23.5 Å². The summed E-state index contributed by atoms with van der Waals surface area (Å²) >= 11 is 1.81. The second-order valence-electron chi connectivity index (χ2n) is 6.56. The van der Waals surface area contributed by atoms with Crippen molar-refractivity contribution in [2.45, 2.75) is 55.5 Å². The molecule has 2 aliphatic rings. The van der Waals surface area contributed by atoms with Gasteiger partial charge in [0.2, 0.25) is 5.37 Å². The molecule has 113 valence electrons. The molecule has 2 aliphatic heterocycles. The lowest BCUT2D eigenvalue weighted by atomic mass is 10.2. The highest BCUT2D eigenvalue weighted by Gasteiger charge is 2.44. The minimum atomic E-state index is -0.441. The quantitative estimate of drug-likeness (QED) is 0.867. The molecule has 5 heteroatoms. The molecular weight excluding hydrogens is 284 g/mol. The molecule has 1 N–H and O–H groups in total. The number of amides is 1. The molecule has 2 atom stereocenters. The Labute approximate surface area is 130 Å². The third-order valence-corrected chi connectivity index (χ3v) is 5.01. The molecule has 3 rings (SSSR count). The highest BCUT2D eigenvalue weighted by Crippen LogP contribution is 2.36. The Morgan fingerprint density at radius 3 is 2.86 bits per heavy atom. The van der Waals surface area contributed by atoms with Crippen molar-refractivity contribution in [3.8, 4) is 0 Å². The first-order valence-electron chi connectivity index (χ1n) is 7.46. The van der Waals surface area contributed by atoms with Crippen LogP contribution in [0.3, 0.4) is 0 Å². The average Bonchev–Trinajstić information content (AvgIpc) is 3.02.